The van der Waals surface area contributed by atoms with Gasteiger partial charge < -0.3 is 24.6 Å². The number of aryl methyl sites for hydroxylation is 1. The molecule has 3 rings (SSSR count). The van der Waals surface area contributed by atoms with Crippen LogP contribution in [0.1, 0.15) is 42.6 Å². The number of carbonyl (C=O) groups excluding carboxylic acids is 1. The maximum Gasteiger partial charge on any atom is 0.255 e. The number of hydrogen-bond donors (Lipinski definition) is 1. The predicted octanol–water partition coefficient (Wildman–Crippen LogP) is 4.58. The maximum absolute atomic E-state index is 12.8. The summed E-state index contributed by atoms with van der Waals surface area (Å²) in [7, 11) is 1.59. The van der Waals surface area contributed by atoms with Gasteiger partial charge in [0.05, 0.1) is 13.7 Å². The molecule has 1 saturated heterocycles. The van der Waals surface area contributed by atoms with E-state index >= 15 is 0 Å². The zero-order chi connectivity index (χ0) is 22.2. The Morgan fingerprint density at radius 3 is 2.45 bits per heavy atom. The van der Waals surface area contributed by atoms with Crippen molar-refractivity contribution in [1.82, 2.24) is 4.90 Å². The summed E-state index contributed by atoms with van der Waals surface area (Å²) in [6.07, 6.45) is 2.05. The Hall–Kier alpha value is -2.73. The van der Waals surface area contributed by atoms with Gasteiger partial charge in [0.15, 0.2) is 11.5 Å². The molecular formula is C25H35N3O3. The Labute approximate surface area is 186 Å². The van der Waals surface area contributed by atoms with Crippen molar-refractivity contribution < 1.29 is 14.3 Å². The molecule has 2 aromatic rings. The molecule has 0 aromatic heterocycles. The summed E-state index contributed by atoms with van der Waals surface area (Å²) in [5.74, 6) is 1.07. The molecule has 31 heavy (non-hydrogen) atoms. The van der Waals surface area contributed by atoms with Crippen LogP contribution in [0.15, 0.2) is 36.4 Å². The van der Waals surface area contributed by atoms with Crippen molar-refractivity contribution in [3.8, 4) is 11.5 Å². The van der Waals surface area contributed by atoms with E-state index < -0.39 is 0 Å². The summed E-state index contributed by atoms with van der Waals surface area (Å²) in [4.78, 5) is 17.7. The van der Waals surface area contributed by atoms with E-state index in [-0.39, 0.29) is 5.91 Å². The molecule has 0 spiro atoms. The topological polar surface area (TPSA) is 54.0 Å². The highest BCUT2D eigenvalue weighted by atomic mass is 16.5. The zero-order valence-electron chi connectivity index (χ0n) is 19.2. The van der Waals surface area contributed by atoms with Gasteiger partial charge in [0.2, 0.25) is 0 Å². The zero-order valence-corrected chi connectivity index (χ0v) is 19.2. The van der Waals surface area contributed by atoms with Crippen molar-refractivity contribution in [3.05, 3.63) is 47.5 Å². The summed E-state index contributed by atoms with van der Waals surface area (Å²) in [6, 6.07) is 11.5. The fraction of sp³-hybridized carbons (Fsp3) is 0.480. The Morgan fingerprint density at radius 2 is 1.81 bits per heavy atom. The van der Waals surface area contributed by atoms with Gasteiger partial charge in [-0.15, -0.1) is 0 Å². The number of unbranched alkanes of at least 4 members (excludes halogenated alkanes) is 1. The number of rotatable bonds is 9. The second-order valence-corrected chi connectivity index (χ2v) is 7.94. The van der Waals surface area contributed by atoms with E-state index in [1.165, 1.54) is 5.69 Å². The van der Waals surface area contributed by atoms with Gasteiger partial charge >= 0.3 is 0 Å². The van der Waals surface area contributed by atoms with Crippen LogP contribution >= 0.6 is 0 Å². The number of nitrogens with zero attached hydrogens (tertiary/aromatic N) is 2. The van der Waals surface area contributed by atoms with Gasteiger partial charge in [0, 0.05) is 43.1 Å². The predicted molar refractivity (Wildman–Crippen MR) is 127 cm³/mol. The van der Waals surface area contributed by atoms with E-state index in [0.717, 1.165) is 56.8 Å². The lowest BCUT2D eigenvalue weighted by Crippen LogP contribution is -2.46. The highest BCUT2D eigenvalue weighted by Crippen LogP contribution is 2.29. The van der Waals surface area contributed by atoms with Gasteiger partial charge in [-0.1, -0.05) is 20.3 Å². The summed E-state index contributed by atoms with van der Waals surface area (Å²) < 4.78 is 11.2. The number of piperazine rings is 1. The Morgan fingerprint density at radius 1 is 1.03 bits per heavy atom. The van der Waals surface area contributed by atoms with Crippen molar-refractivity contribution in [1.29, 1.82) is 0 Å². The van der Waals surface area contributed by atoms with Gasteiger partial charge in [-0.25, -0.2) is 0 Å². The van der Waals surface area contributed by atoms with Crippen LogP contribution in [-0.4, -0.2) is 57.2 Å². The van der Waals surface area contributed by atoms with Gasteiger partial charge in [0.1, 0.15) is 0 Å². The molecule has 0 unspecified atom stereocenters. The first-order chi connectivity index (χ1) is 15.0. The van der Waals surface area contributed by atoms with Crippen LogP contribution in [0.2, 0.25) is 0 Å². The second-order valence-electron chi connectivity index (χ2n) is 7.94. The lowest BCUT2D eigenvalue weighted by Gasteiger charge is -2.35. The maximum atomic E-state index is 12.8. The first kappa shape index (κ1) is 22.9. The minimum Gasteiger partial charge on any atom is -0.493 e. The molecule has 0 aliphatic carbocycles. The average molecular weight is 426 g/mol. The number of anilines is 2. The van der Waals surface area contributed by atoms with Crippen LogP contribution in [-0.2, 0) is 0 Å². The van der Waals surface area contributed by atoms with E-state index in [9.17, 15) is 4.79 Å². The van der Waals surface area contributed by atoms with E-state index in [0.29, 0.717) is 23.7 Å². The van der Waals surface area contributed by atoms with Gasteiger partial charge in [-0.05, 0) is 61.9 Å². The summed E-state index contributed by atoms with van der Waals surface area (Å²) in [5, 5.41) is 3.03. The molecule has 1 aliphatic heterocycles. The van der Waals surface area contributed by atoms with Crippen LogP contribution in [0.4, 0.5) is 11.4 Å². The summed E-state index contributed by atoms with van der Waals surface area (Å²) >= 11 is 0. The van der Waals surface area contributed by atoms with E-state index in [2.05, 4.69) is 41.1 Å². The molecule has 0 bridgehead atoms. The monoisotopic (exact) mass is 425 g/mol. The lowest BCUT2D eigenvalue weighted by atomic mass is 10.1. The molecular weight excluding hydrogens is 390 g/mol. The molecule has 1 heterocycles. The van der Waals surface area contributed by atoms with Crippen molar-refractivity contribution in [2.75, 3.05) is 56.7 Å². The first-order valence-corrected chi connectivity index (χ1v) is 11.3. The van der Waals surface area contributed by atoms with Crippen LogP contribution < -0.4 is 19.7 Å². The third-order valence-electron chi connectivity index (χ3n) is 5.82. The highest BCUT2D eigenvalue weighted by molar-refractivity contribution is 6.05. The van der Waals surface area contributed by atoms with E-state index in [1.54, 1.807) is 25.3 Å². The average Bonchev–Trinajstić information content (AvgIpc) is 2.80. The second kappa shape index (κ2) is 11.0. The molecule has 1 N–H and O–H groups in total. The number of hydrogen-bond acceptors (Lipinski definition) is 5. The minimum absolute atomic E-state index is 0.161. The summed E-state index contributed by atoms with van der Waals surface area (Å²) in [5.41, 5.74) is 3.62. The van der Waals surface area contributed by atoms with Crippen molar-refractivity contribution >= 4 is 17.3 Å². The SMILES string of the molecule is CCCCOc1ccc(C(=O)Nc2ccc(N3CCN(CC)CC3)cc2C)cc1OC. The van der Waals surface area contributed by atoms with Gasteiger partial charge in [0.25, 0.3) is 5.91 Å². The summed E-state index contributed by atoms with van der Waals surface area (Å²) in [6.45, 7) is 12.4. The Balaban J connectivity index is 1.66. The van der Waals surface area contributed by atoms with Crippen molar-refractivity contribution in [2.24, 2.45) is 0 Å². The molecule has 0 atom stereocenters. The molecule has 6 nitrogen and oxygen atoms in total. The van der Waals surface area contributed by atoms with Gasteiger partial charge in [-0.3, -0.25) is 4.79 Å². The molecule has 1 amide bonds. The molecule has 0 radical (unpaired) electrons. The van der Waals surface area contributed by atoms with E-state index in [4.69, 9.17) is 9.47 Å². The standard InChI is InChI=1S/C25H35N3O3/c1-5-7-16-31-23-11-8-20(18-24(23)30-4)25(29)26-22-10-9-21(17-19(22)3)28-14-12-27(6-2)13-15-28/h8-11,17-18H,5-7,12-16H2,1-4H3,(H,26,29). The number of methoxy groups -OCH3 is 1. The fourth-order valence-electron chi connectivity index (χ4n) is 3.76. The normalized spacial score (nSPS) is 14.4. The number of amides is 1. The number of likely N-dealkylation sites (N-methyl/N-ethyl adjacent to an activating group) is 1. The Bertz CT molecular complexity index is 876. The van der Waals surface area contributed by atoms with Gasteiger partial charge in [-0.2, -0.15) is 0 Å². The van der Waals surface area contributed by atoms with Crippen molar-refractivity contribution in [3.63, 3.8) is 0 Å². The smallest absolute Gasteiger partial charge is 0.255 e. The molecule has 0 saturated carbocycles. The van der Waals surface area contributed by atoms with Crippen LogP contribution in [0, 0.1) is 6.92 Å². The van der Waals surface area contributed by atoms with Crippen LogP contribution in [0.3, 0.4) is 0 Å². The number of ether oxygens (including phenoxy) is 2. The number of benzene rings is 2. The minimum atomic E-state index is -0.161. The fourth-order valence-corrected chi connectivity index (χ4v) is 3.76. The van der Waals surface area contributed by atoms with Crippen LogP contribution in [0.25, 0.3) is 0 Å². The molecule has 1 aliphatic rings. The largest absolute Gasteiger partial charge is 0.493 e. The van der Waals surface area contributed by atoms with E-state index in [1.807, 2.05) is 13.0 Å². The number of carbonyl (C=O) groups is 1. The van der Waals surface area contributed by atoms with Crippen LogP contribution in [0.5, 0.6) is 11.5 Å². The third kappa shape index (κ3) is 5.91. The van der Waals surface area contributed by atoms with Crippen molar-refractivity contribution in [2.45, 2.75) is 33.6 Å². The first-order valence-electron chi connectivity index (χ1n) is 11.3. The quantitative estimate of drug-likeness (QED) is 0.596. The lowest BCUT2D eigenvalue weighted by molar-refractivity contribution is 0.102. The number of nitrogens with one attached hydrogen (secondary N) is 1. The molecule has 6 heteroatoms. The molecule has 168 valence electrons. The third-order valence-corrected chi connectivity index (χ3v) is 5.82. The highest BCUT2D eigenvalue weighted by Gasteiger charge is 2.17. The Kier molecular flexibility index (Phi) is 8.18. The molecule has 1 fully saturated rings. The molecule has 2 aromatic carbocycles.